The van der Waals surface area contributed by atoms with Crippen molar-refractivity contribution in [2.45, 2.75) is 38.3 Å². The van der Waals surface area contributed by atoms with Gasteiger partial charge >= 0.3 is 0 Å². The molecule has 1 fully saturated rings. The van der Waals surface area contributed by atoms with Crippen molar-refractivity contribution < 1.29 is 31.5 Å². The molecule has 0 N–H and O–H groups in total. The average molecular weight is 462 g/mol. The number of piperazine rings is 1. The molecule has 1 aliphatic rings. The van der Waals surface area contributed by atoms with Gasteiger partial charge in [0.2, 0.25) is 5.91 Å². The van der Waals surface area contributed by atoms with E-state index in [9.17, 15) is 31.5 Å². The standard InChI is InChI=1S/C20H17ClF5N3O2/c1-19(17(23)24)18(31)28(16-14(22)7-13(21)8-27-16)10-15(30)29(19)9-11-3-5-12(6-4-11)20(2,25)26/h3-8,17H,9-10H2,1-2H3/t19-/m1/s1. The molecule has 0 unspecified atom stereocenters. The van der Waals surface area contributed by atoms with E-state index in [1.54, 1.807) is 0 Å². The van der Waals surface area contributed by atoms with Gasteiger partial charge in [-0.05, 0) is 18.6 Å². The quantitative estimate of drug-likeness (QED) is 0.621. The Labute approximate surface area is 179 Å². The lowest BCUT2D eigenvalue weighted by atomic mass is 9.93. The summed E-state index contributed by atoms with van der Waals surface area (Å²) in [5.74, 6) is -6.85. The monoisotopic (exact) mass is 461 g/mol. The first-order chi connectivity index (χ1) is 14.4. The Bertz CT molecular complexity index is 1010. The van der Waals surface area contributed by atoms with Crippen molar-refractivity contribution in [1.29, 1.82) is 0 Å². The highest BCUT2D eigenvalue weighted by Crippen LogP contribution is 2.35. The van der Waals surface area contributed by atoms with Crippen molar-refractivity contribution in [2.75, 3.05) is 11.4 Å². The number of halogens is 6. The zero-order valence-corrected chi connectivity index (χ0v) is 17.1. The molecule has 0 bridgehead atoms. The molecule has 0 aliphatic carbocycles. The summed E-state index contributed by atoms with van der Waals surface area (Å²) in [4.78, 5) is 30.6. The van der Waals surface area contributed by atoms with Crippen LogP contribution in [0.4, 0.5) is 27.8 Å². The maximum atomic E-state index is 14.3. The number of hydrogen-bond acceptors (Lipinski definition) is 3. The minimum Gasteiger partial charge on any atom is -0.317 e. The van der Waals surface area contributed by atoms with Gasteiger partial charge in [-0.2, -0.15) is 0 Å². The molecule has 2 aromatic rings. The highest BCUT2D eigenvalue weighted by Gasteiger charge is 2.56. The predicted octanol–water partition coefficient (Wildman–Crippen LogP) is 4.39. The van der Waals surface area contributed by atoms with E-state index in [-0.39, 0.29) is 16.1 Å². The third-order valence-corrected chi connectivity index (χ3v) is 5.31. The van der Waals surface area contributed by atoms with E-state index in [2.05, 4.69) is 4.98 Å². The number of nitrogens with zero attached hydrogens (tertiary/aromatic N) is 3. The van der Waals surface area contributed by atoms with Crippen LogP contribution >= 0.6 is 11.6 Å². The van der Waals surface area contributed by atoms with Crippen LogP contribution in [0.3, 0.4) is 0 Å². The van der Waals surface area contributed by atoms with E-state index in [0.29, 0.717) is 16.7 Å². The molecule has 0 radical (unpaired) electrons. The Morgan fingerprint density at radius 1 is 1.23 bits per heavy atom. The lowest BCUT2D eigenvalue weighted by molar-refractivity contribution is -0.161. The summed E-state index contributed by atoms with van der Waals surface area (Å²) in [6.07, 6.45) is -2.30. The van der Waals surface area contributed by atoms with E-state index in [4.69, 9.17) is 11.6 Å². The largest absolute Gasteiger partial charge is 0.317 e. The number of pyridine rings is 1. The van der Waals surface area contributed by atoms with Gasteiger partial charge in [0.1, 0.15) is 6.54 Å². The highest BCUT2D eigenvalue weighted by atomic mass is 35.5. The number of anilines is 1. The second-order valence-corrected chi connectivity index (χ2v) is 7.80. The number of hydrogen-bond donors (Lipinski definition) is 0. The van der Waals surface area contributed by atoms with E-state index in [1.165, 1.54) is 12.1 Å². The summed E-state index contributed by atoms with van der Waals surface area (Å²) in [6, 6.07) is 5.61. The van der Waals surface area contributed by atoms with Gasteiger partial charge in [0.15, 0.2) is 17.2 Å². The normalized spacial score (nSPS) is 20.0. The molecule has 2 heterocycles. The molecular formula is C20H17ClF5N3O2. The van der Waals surface area contributed by atoms with Gasteiger partial charge in [0, 0.05) is 25.2 Å². The molecule has 5 nitrogen and oxygen atoms in total. The molecule has 1 saturated heterocycles. The van der Waals surface area contributed by atoms with E-state index in [1.807, 2.05) is 0 Å². The summed E-state index contributed by atoms with van der Waals surface area (Å²) >= 11 is 5.63. The third-order valence-electron chi connectivity index (χ3n) is 5.10. The van der Waals surface area contributed by atoms with Gasteiger partial charge in [0.25, 0.3) is 18.3 Å². The van der Waals surface area contributed by atoms with Crippen LogP contribution < -0.4 is 4.90 Å². The Balaban J connectivity index is 1.95. The van der Waals surface area contributed by atoms with Crippen LogP contribution in [0, 0.1) is 5.82 Å². The topological polar surface area (TPSA) is 53.5 Å². The molecule has 1 aromatic carbocycles. The summed E-state index contributed by atoms with van der Waals surface area (Å²) in [5.41, 5.74) is -2.65. The summed E-state index contributed by atoms with van der Waals surface area (Å²) in [5, 5.41) is -0.0728. The van der Waals surface area contributed by atoms with E-state index >= 15 is 0 Å². The van der Waals surface area contributed by atoms with Gasteiger partial charge in [-0.15, -0.1) is 0 Å². The first-order valence-electron chi connectivity index (χ1n) is 9.04. The molecule has 0 spiro atoms. The molecule has 166 valence electrons. The molecule has 11 heteroatoms. The summed E-state index contributed by atoms with van der Waals surface area (Å²) in [6.45, 7) is 0.427. The van der Waals surface area contributed by atoms with Crippen LogP contribution in [0.5, 0.6) is 0 Å². The third kappa shape index (κ3) is 4.21. The zero-order valence-electron chi connectivity index (χ0n) is 16.4. The van der Waals surface area contributed by atoms with E-state index < -0.39 is 54.4 Å². The lowest BCUT2D eigenvalue weighted by Gasteiger charge is -2.46. The molecule has 3 rings (SSSR count). The van der Waals surface area contributed by atoms with Crippen LogP contribution in [0.15, 0.2) is 36.5 Å². The minimum absolute atomic E-state index is 0.0728. The molecule has 0 saturated carbocycles. The molecule has 31 heavy (non-hydrogen) atoms. The van der Waals surface area contributed by atoms with Gasteiger partial charge in [-0.3, -0.25) is 14.5 Å². The Morgan fingerprint density at radius 3 is 2.35 bits per heavy atom. The zero-order chi connectivity index (χ0) is 23.1. The number of alkyl halides is 4. The summed E-state index contributed by atoms with van der Waals surface area (Å²) < 4.78 is 69.2. The molecule has 2 amide bonds. The van der Waals surface area contributed by atoms with Crippen molar-refractivity contribution in [3.63, 3.8) is 0 Å². The number of rotatable bonds is 5. The van der Waals surface area contributed by atoms with E-state index in [0.717, 1.165) is 31.3 Å². The van der Waals surface area contributed by atoms with Gasteiger partial charge in [-0.25, -0.2) is 26.9 Å². The smallest absolute Gasteiger partial charge is 0.270 e. The van der Waals surface area contributed by atoms with Crippen molar-refractivity contribution in [1.82, 2.24) is 9.88 Å². The number of carbonyl (C=O) groups excluding carboxylic acids is 2. The first-order valence-corrected chi connectivity index (χ1v) is 9.42. The number of carbonyl (C=O) groups is 2. The fourth-order valence-electron chi connectivity index (χ4n) is 3.27. The summed E-state index contributed by atoms with van der Waals surface area (Å²) in [7, 11) is 0. The van der Waals surface area contributed by atoms with Crippen molar-refractivity contribution in [3.8, 4) is 0 Å². The van der Waals surface area contributed by atoms with Crippen LogP contribution in [0.1, 0.15) is 25.0 Å². The van der Waals surface area contributed by atoms with Crippen molar-refractivity contribution in [2.24, 2.45) is 0 Å². The Hall–Kier alpha value is -2.75. The molecule has 1 aromatic heterocycles. The van der Waals surface area contributed by atoms with Crippen molar-refractivity contribution >= 4 is 29.2 Å². The number of benzene rings is 1. The molecule has 1 aliphatic heterocycles. The van der Waals surface area contributed by atoms with Gasteiger partial charge < -0.3 is 4.90 Å². The Kier molecular flexibility index (Phi) is 5.96. The Morgan fingerprint density at radius 2 is 1.84 bits per heavy atom. The SMILES string of the molecule is CC(F)(F)c1ccc(CN2C(=O)CN(c3ncc(Cl)cc3F)C(=O)[C@@]2(C)C(F)F)cc1. The average Bonchev–Trinajstić information content (AvgIpc) is 2.68. The number of amides is 2. The van der Waals surface area contributed by atoms with Crippen molar-refractivity contribution in [3.05, 3.63) is 58.5 Å². The van der Waals surface area contributed by atoms with Crippen LogP contribution in [-0.4, -0.2) is 40.2 Å². The predicted molar refractivity (Wildman–Crippen MR) is 103 cm³/mol. The molecular weight excluding hydrogens is 445 g/mol. The minimum atomic E-state index is -3.32. The van der Waals surface area contributed by atoms with Crippen LogP contribution in [0.25, 0.3) is 0 Å². The fraction of sp³-hybridized carbons (Fsp3) is 0.350. The second kappa shape index (κ2) is 8.07. The molecule has 1 atom stereocenters. The fourth-order valence-corrected chi connectivity index (χ4v) is 3.41. The van der Waals surface area contributed by atoms with Gasteiger partial charge in [0.05, 0.1) is 5.02 Å². The number of aromatic nitrogens is 1. The van der Waals surface area contributed by atoms with Crippen LogP contribution in [0.2, 0.25) is 5.02 Å². The maximum absolute atomic E-state index is 14.3. The highest BCUT2D eigenvalue weighted by molar-refractivity contribution is 6.30. The second-order valence-electron chi connectivity index (χ2n) is 7.36. The first kappa shape index (κ1) is 22.9. The van der Waals surface area contributed by atoms with Crippen LogP contribution in [-0.2, 0) is 22.1 Å². The maximum Gasteiger partial charge on any atom is 0.270 e. The van der Waals surface area contributed by atoms with Gasteiger partial charge in [-0.1, -0.05) is 35.9 Å². The lowest BCUT2D eigenvalue weighted by Crippen LogP contribution is -2.70.